The van der Waals surface area contributed by atoms with Crippen molar-refractivity contribution in [3.63, 3.8) is 0 Å². The summed E-state index contributed by atoms with van der Waals surface area (Å²) in [5.41, 5.74) is 1.06. The molecule has 1 amide bonds. The molecule has 0 spiro atoms. The molecule has 0 aliphatic carbocycles. The van der Waals surface area contributed by atoms with Crippen molar-refractivity contribution in [1.82, 2.24) is 10.6 Å². The van der Waals surface area contributed by atoms with Crippen LogP contribution in [0.1, 0.15) is 25.5 Å². The molecular formula is C15H23ClN2O2. The quantitative estimate of drug-likeness (QED) is 0.725. The van der Waals surface area contributed by atoms with Gasteiger partial charge in [0.05, 0.1) is 19.2 Å². The second kappa shape index (κ2) is 8.95. The second-order valence-corrected chi connectivity index (χ2v) is 5.45. The summed E-state index contributed by atoms with van der Waals surface area (Å²) in [6, 6.07) is 7.57. The summed E-state index contributed by atoms with van der Waals surface area (Å²) in [6.45, 7) is 5.71. The van der Waals surface area contributed by atoms with Crippen LogP contribution in [0.15, 0.2) is 24.3 Å². The molecule has 2 N–H and O–H groups in total. The van der Waals surface area contributed by atoms with E-state index in [1.165, 1.54) is 0 Å². The summed E-state index contributed by atoms with van der Waals surface area (Å²) in [5.74, 6) is 0.286. The number of nitrogens with one attached hydrogen (secondary N) is 2. The fourth-order valence-corrected chi connectivity index (χ4v) is 2.03. The van der Waals surface area contributed by atoms with Crippen LogP contribution in [0.25, 0.3) is 0 Å². The minimum atomic E-state index is -0.0187. The molecule has 0 heterocycles. The maximum Gasteiger partial charge on any atom is 0.234 e. The first-order valence-electron chi connectivity index (χ1n) is 6.79. The summed E-state index contributed by atoms with van der Waals surface area (Å²) in [6.07, 6.45) is 0. The predicted octanol–water partition coefficient (Wildman–Crippen LogP) is 2.39. The van der Waals surface area contributed by atoms with Crippen LogP contribution < -0.4 is 10.6 Å². The molecule has 0 aliphatic rings. The molecule has 4 nitrogen and oxygen atoms in total. The summed E-state index contributed by atoms with van der Waals surface area (Å²) >= 11 is 5.89. The monoisotopic (exact) mass is 298 g/mol. The number of ether oxygens (including phenoxy) is 1. The van der Waals surface area contributed by atoms with Crippen molar-refractivity contribution < 1.29 is 9.53 Å². The first-order chi connectivity index (χ1) is 9.54. The first kappa shape index (κ1) is 17.0. The third-order valence-electron chi connectivity index (χ3n) is 2.98. The van der Waals surface area contributed by atoms with E-state index in [4.69, 9.17) is 16.3 Å². The smallest absolute Gasteiger partial charge is 0.234 e. The molecule has 20 heavy (non-hydrogen) atoms. The highest BCUT2D eigenvalue weighted by Crippen LogP contribution is 2.23. The van der Waals surface area contributed by atoms with Gasteiger partial charge in [-0.3, -0.25) is 4.79 Å². The fourth-order valence-electron chi connectivity index (χ4n) is 1.91. The van der Waals surface area contributed by atoms with Crippen molar-refractivity contribution in [3.8, 4) is 0 Å². The van der Waals surface area contributed by atoms with Crippen molar-refractivity contribution in [2.75, 3.05) is 26.8 Å². The Kier molecular flexibility index (Phi) is 7.59. The Morgan fingerprint density at radius 2 is 1.95 bits per heavy atom. The Bertz CT molecular complexity index is 407. The molecular weight excluding hydrogens is 276 g/mol. The van der Waals surface area contributed by atoms with Crippen LogP contribution in [0, 0.1) is 5.92 Å². The number of rotatable bonds is 8. The summed E-state index contributed by atoms with van der Waals surface area (Å²) in [7, 11) is 1.64. The molecule has 1 aromatic carbocycles. The molecule has 0 bridgehead atoms. The third-order valence-corrected chi connectivity index (χ3v) is 3.23. The van der Waals surface area contributed by atoms with Crippen LogP contribution >= 0.6 is 11.6 Å². The highest BCUT2D eigenvalue weighted by Gasteiger charge is 2.17. The molecule has 1 unspecified atom stereocenters. The Balaban J connectivity index is 2.55. The average molecular weight is 299 g/mol. The standard InChI is InChI=1S/C15H23ClN2O2/c1-11(2)15(12-4-6-13(16)7-5-12)18-14(19)10-17-8-9-20-3/h4-7,11,15,17H,8-10H2,1-3H3,(H,18,19). The van der Waals surface area contributed by atoms with Crippen molar-refractivity contribution in [1.29, 1.82) is 0 Å². The Morgan fingerprint density at radius 3 is 2.50 bits per heavy atom. The van der Waals surface area contributed by atoms with Gasteiger partial charge in [0, 0.05) is 18.7 Å². The highest BCUT2D eigenvalue weighted by atomic mass is 35.5. The molecule has 0 aromatic heterocycles. The van der Waals surface area contributed by atoms with Crippen LogP contribution in [0.4, 0.5) is 0 Å². The fraction of sp³-hybridized carbons (Fsp3) is 0.533. The number of carbonyl (C=O) groups excluding carboxylic acids is 1. The van der Waals surface area contributed by atoms with Crippen LogP contribution in [-0.4, -0.2) is 32.7 Å². The molecule has 0 fully saturated rings. The molecule has 112 valence electrons. The van der Waals surface area contributed by atoms with E-state index in [-0.39, 0.29) is 11.9 Å². The third kappa shape index (κ3) is 5.90. The van der Waals surface area contributed by atoms with E-state index < -0.39 is 0 Å². The van der Waals surface area contributed by atoms with Gasteiger partial charge in [-0.25, -0.2) is 0 Å². The maximum absolute atomic E-state index is 11.9. The maximum atomic E-state index is 11.9. The number of benzene rings is 1. The summed E-state index contributed by atoms with van der Waals surface area (Å²) in [5, 5.41) is 6.77. The lowest BCUT2D eigenvalue weighted by Gasteiger charge is -2.23. The summed E-state index contributed by atoms with van der Waals surface area (Å²) in [4.78, 5) is 11.9. The SMILES string of the molecule is COCCNCC(=O)NC(c1ccc(Cl)cc1)C(C)C. The lowest BCUT2D eigenvalue weighted by Crippen LogP contribution is -2.38. The van der Waals surface area contributed by atoms with Gasteiger partial charge in [-0.15, -0.1) is 0 Å². The number of amides is 1. The van der Waals surface area contributed by atoms with Gasteiger partial charge in [0.25, 0.3) is 0 Å². The molecule has 1 rings (SSSR count). The predicted molar refractivity (Wildman–Crippen MR) is 81.9 cm³/mol. The van der Waals surface area contributed by atoms with Crippen molar-refractivity contribution in [2.45, 2.75) is 19.9 Å². The van der Waals surface area contributed by atoms with Gasteiger partial charge >= 0.3 is 0 Å². The van der Waals surface area contributed by atoms with Crippen molar-refractivity contribution in [3.05, 3.63) is 34.9 Å². The number of methoxy groups -OCH3 is 1. The van der Waals surface area contributed by atoms with Gasteiger partial charge < -0.3 is 15.4 Å². The largest absolute Gasteiger partial charge is 0.383 e. The molecule has 0 radical (unpaired) electrons. The second-order valence-electron chi connectivity index (χ2n) is 5.01. The van der Waals surface area contributed by atoms with Crippen LogP contribution in [0.5, 0.6) is 0 Å². The summed E-state index contributed by atoms with van der Waals surface area (Å²) < 4.78 is 4.92. The van der Waals surface area contributed by atoms with Gasteiger partial charge in [0.2, 0.25) is 5.91 Å². The van der Waals surface area contributed by atoms with Gasteiger partial charge in [0.15, 0.2) is 0 Å². The van der Waals surface area contributed by atoms with Crippen molar-refractivity contribution >= 4 is 17.5 Å². The Hall–Kier alpha value is -1.10. The Labute approximate surface area is 125 Å². The molecule has 0 aliphatic heterocycles. The van der Waals surface area contributed by atoms with E-state index in [9.17, 15) is 4.79 Å². The number of hydrogen-bond donors (Lipinski definition) is 2. The first-order valence-corrected chi connectivity index (χ1v) is 7.17. The normalized spacial score (nSPS) is 12.4. The Morgan fingerprint density at radius 1 is 1.30 bits per heavy atom. The molecule has 0 saturated heterocycles. The van der Waals surface area contributed by atoms with E-state index in [1.54, 1.807) is 7.11 Å². The number of carbonyl (C=O) groups is 1. The molecule has 1 aromatic rings. The molecule has 5 heteroatoms. The minimum absolute atomic E-state index is 0.0102. The number of hydrogen-bond acceptors (Lipinski definition) is 3. The minimum Gasteiger partial charge on any atom is -0.383 e. The molecule has 1 atom stereocenters. The van der Waals surface area contributed by atoms with E-state index in [0.717, 1.165) is 5.56 Å². The van der Waals surface area contributed by atoms with Gasteiger partial charge in [-0.1, -0.05) is 37.6 Å². The zero-order valence-electron chi connectivity index (χ0n) is 12.3. The van der Waals surface area contributed by atoms with Crippen LogP contribution in [0.2, 0.25) is 5.02 Å². The topological polar surface area (TPSA) is 50.4 Å². The lowest BCUT2D eigenvalue weighted by atomic mass is 9.96. The van der Waals surface area contributed by atoms with Gasteiger partial charge in [-0.05, 0) is 23.6 Å². The van der Waals surface area contributed by atoms with Gasteiger partial charge in [0.1, 0.15) is 0 Å². The van der Waals surface area contributed by atoms with E-state index in [0.29, 0.717) is 30.6 Å². The molecule has 0 saturated carbocycles. The zero-order chi connectivity index (χ0) is 15.0. The zero-order valence-corrected chi connectivity index (χ0v) is 13.0. The van der Waals surface area contributed by atoms with Crippen molar-refractivity contribution in [2.24, 2.45) is 5.92 Å². The van der Waals surface area contributed by atoms with E-state index in [2.05, 4.69) is 24.5 Å². The van der Waals surface area contributed by atoms with E-state index >= 15 is 0 Å². The van der Waals surface area contributed by atoms with E-state index in [1.807, 2.05) is 24.3 Å². The number of halogens is 1. The van der Waals surface area contributed by atoms with Gasteiger partial charge in [-0.2, -0.15) is 0 Å². The van der Waals surface area contributed by atoms with Crippen LogP contribution in [-0.2, 0) is 9.53 Å². The lowest BCUT2D eigenvalue weighted by molar-refractivity contribution is -0.121. The van der Waals surface area contributed by atoms with Crippen LogP contribution in [0.3, 0.4) is 0 Å². The highest BCUT2D eigenvalue weighted by molar-refractivity contribution is 6.30. The average Bonchev–Trinajstić information content (AvgIpc) is 2.42.